The van der Waals surface area contributed by atoms with Gasteiger partial charge in [-0.05, 0) is 30.2 Å². The van der Waals surface area contributed by atoms with Crippen LogP contribution in [0.3, 0.4) is 0 Å². The van der Waals surface area contributed by atoms with E-state index in [1.54, 1.807) is 6.07 Å². The molecule has 2 nitrogen and oxygen atoms in total. The predicted octanol–water partition coefficient (Wildman–Crippen LogP) is 3.88. The highest BCUT2D eigenvalue weighted by atomic mass is 19.1. The summed E-state index contributed by atoms with van der Waals surface area (Å²) >= 11 is 0. The van der Waals surface area contributed by atoms with Crippen molar-refractivity contribution in [1.82, 2.24) is 0 Å². The molecule has 0 amide bonds. The fourth-order valence-electron chi connectivity index (χ4n) is 2.76. The third-order valence-electron chi connectivity index (χ3n) is 4.18. The SMILES string of the molecule is CC1=CC(C)(C)c2cc(OC=O)c(F)cc2C1(C)C. The van der Waals surface area contributed by atoms with Gasteiger partial charge in [0.2, 0.25) is 0 Å². The number of ether oxygens (including phenoxy) is 1. The first-order chi connectivity index (χ1) is 8.70. The van der Waals surface area contributed by atoms with Crippen molar-refractivity contribution in [2.45, 2.75) is 45.4 Å². The van der Waals surface area contributed by atoms with Crippen LogP contribution in [0.1, 0.15) is 45.7 Å². The van der Waals surface area contributed by atoms with Crippen LogP contribution in [0.2, 0.25) is 0 Å². The molecule has 0 aliphatic heterocycles. The Morgan fingerprint density at radius 3 is 2.37 bits per heavy atom. The van der Waals surface area contributed by atoms with Crippen LogP contribution in [-0.2, 0) is 15.6 Å². The highest BCUT2D eigenvalue weighted by molar-refractivity contribution is 5.55. The summed E-state index contributed by atoms with van der Waals surface area (Å²) in [6, 6.07) is 3.14. The Hall–Kier alpha value is -1.64. The van der Waals surface area contributed by atoms with Gasteiger partial charge in [-0.15, -0.1) is 0 Å². The molecule has 0 unspecified atom stereocenters. The van der Waals surface area contributed by atoms with E-state index < -0.39 is 5.82 Å². The number of carbonyl (C=O) groups is 1. The maximum Gasteiger partial charge on any atom is 0.298 e. The Morgan fingerprint density at radius 1 is 1.16 bits per heavy atom. The van der Waals surface area contributed by atoms with Gasteiger partial charge in [0.05, 0.1) is 0 Å². The summed E-state index contributed by atoms with van der Waals surface area (Å²) in [5.74, 6) is -0.505. The molecule has 0 N–H and O–H groups in total. The Morgan fingerprint density at radius 2 is 1.79 bits per heavy atom. The van der Waals surface area contributed by atoms with Crippen molar-refractivity contribution in [3.8, 4) is 5.75 Å². The molecule has 102 valence electrons. The fraction of sp³-hybridized carbons (Fsp3) is 0.438. The summed E-state index contributed by atoms with van der Waals surface area (Å²) in [6.45, 7) is 10.6. The Labute approximate surface area is 113 Å². The molecule has 1 aromatic carbocycles. The fourth-order valence-corrected chi connectivity index (χ4v) is 2.76. The zero-order valence-corrected chi connectivity index (χ0v) is 12.0. The molecule has 0 radical (unpaired) electrons. The van der Waals surface area contributed by atoms with Gasteiger partial charge in [0.25, 0.3) is 6.47 Å². The van der Waals surface area contributed by atoms with Crippen LogP contribution < -0.4 is 4.74 Å². The van der Waals surface area contributed by atoms with Gasteiger partial charge in [0.15, 0.2) is 11.6 Å². The second-order valence-electron chi connectivity index (χ2n) is 6.22. The van der Waals surface area contributed by atoms with Crippen LogP contribution in [0.5, 0.6) is 5.75 Å². The smallest absolute Gasteiger partial charge is 0.298 e. The topological polar surface area (TPSA) is 26.3 Å². The van der Waals surface area contributed by atoms with E-state index in [0.29, 0.717) is 0 Å². The van der Waals surface area contributed by atoms with E-state index in [1.165, 1.54) is 11.6 Å². The van der Waals surface area contributed by atoms with E-state index in [-0.39, 0.29) is 23.1 Å². The van der Waals surface area contributed by atoms with Gasteiger partial charge in [-0.25, -0.2) is 4.39 Å². The van der Waals surface area contributed by atoms with Gasteiger partial charge >= 0.3 is 0 Å². The molecule has 2 rings (SSSR count). The predicted molar refractivity (Wildman–Crippen MR) is 72.9 cm³/mol. The van der Waals surface area contributed by atoms with Gasteiger partial charge < -0.3 is 4.74 Å². The third-order valence-corrected chi connectivity index (χ3v) is 4.18. The Kier molecular flexibility index (Phi) is 3.04. The number of hydrogen-bond donors (Lipinski definition) is 0. The maximum atomic E-state index is 14.0. The summed E-state index contributed by atoms with van der Waals surface area (Å²) in [5, 5.41) is 0. The van der Waals surface area contributed by atoms with Crippen LogP contribution in [0.4, 0.5) is 4.39 Å². The highest BCUT2D eigenvalue weighted by Crippen LogP contribution is 2.46. The number of allylic oxidation sites excluding steroid dienone is 2. The quantitative estimate of drug-likeness (QED) is 0.597. The van der Waals surface area contributed by atoms with Crippen molar-refractivity contribution >= 4 is 6.47 Å². The normalized spacial score (nSPS) is 19.4. The minimum atomic E-state index is -0.496. The van der Waals surface area contributed by atoms with Crippen LogP contribution >= 0.6 is 0 Å². The lowest BCUT2D eigenvalue weighted by molar-refractivity contribution is -0.120. The van der Waals surface area contributed by atoms with E-state index in [9.17, 15) is 9.18 Å². The lowest BCUT2D eigenvalue weighted by atomic mass is 9.64. The van der Waals surface area contributed by atoms with Gasteiger partial charge in [-0.2, -0.15) is 0 Å². The van der Waals surface area contributed by atoms with Crippen LogP contribution in [0.25, 0.3) is 0 Å². The molecular weight excluding hydrogens is 243 g/mol. The van der Waals surface area contributed by atoms with Crippen molar-refractivity contribution in [2.75, 3.05) is 0 Å². The monoisotopic (exact) mass is 262 g/mol. The molecule has 0 heterocycles. The number of halogens is 1. The maximum absolute atomic E-state index is 14.0. The van der Waals surface area contributed by atoms with Gasteiger partial charge in [-0.1, -0.05) is 39.3 Å². The first-order valence-electron chi connectivity index (χ1n) is 6.35. The molecule has 0 saturated carbocycles. The lowest BCUT2D eigenvalue weighted by Gasteiger charge is -2.40. The minimum Gasteiger partial charge on any atom is -0.426 e. The summed E-state index contributed by atoms with van der Waals surface area (Å²) in [6.07, 6.45) is 2.19. The minimum absolute atomic E-state index is 0.00872. The largest absolute Gasteiger partial charge is 0.426 e. The second kappa shape index (κ2) is 4.19. The average molecular weight is 262 g/mol. The molecule has 1 aliphatic rings. The Balaban J connectivity index is 2.73. The molecule has 1 aromatic rings. The molecule has 3 heteroatoms. The van der Waals surface area contributed by atoms with Gasteiger partial charge in [0.1, 0.15) is 0 Å². The number of rotatable bonds is 2. The molecule has 0 bridgehead atoms. The lowest BCUT2D eigenvalue weighted by Crippen LogP contribution is -2.32. The Bertz CT molecular complexity index is 568. The van der Waals surface area contributed by atoms with Crippen LogP contribution in [-0.4, -0.2) is 6.47 Å². The van der Waals surface area contributed by atoms with E-state index >= 15 is 0 Å². The molecule has 0 fully saturated rings. The van der Waals surface area contributed by atoms with Crippen molar-refractivity contribution in [2.24, 2.45) is 0 Å². The molecule has 1 aliphatic carbocycles. The molecular formula is C16H19FO2. The first kappa shape index (κ1) is 13.8. The number of fused-ring (bicyclic) bond motifs is 1. The number of hydrogen-bond acceptors (Lipinski definition) is 2. The summed E-state index contributed by atoms with van der Waals surface area (Å²) < 4.78 is 18.7. The van der Waals surface area contributed by atoms with E-state index in [4.69, 9.17) is 4.74 Å². The van der Waals surface area contributed by atoms with E-state index in [0.717, 1.165) is 11.1 Å². The van der Waals surface area contributed by atoms with Gasteiger partial charge in [-0.3, -0.25) is 4.79 Å². The molecule has 0 spiro atoms. The summed E-state index contributed by atoms with van der Waals surface area (Å²) in [5.41, 5.74) is 2.75. The van der Waals surface area contributed by atoms with E-state index in [2.05, 4.69) is 40.7 Å². The highest BCUT2D eigenvalue weighted by Gasteiger charge is 2.37. The second-order valence-corrected chi connectivity index (χ2v) is 6.22. The first-order valence-corrected chi connectivity index (χ1v) is 6.35. The third kappa shape index (κ3) is 2.07. The zero-order valence-electron chi connectivity index (χ0n) is 12.0. The van der Waals surface area contributed by atoms with Crippen molar-refractivity contribution < 1.29 is 13.9 Å². The van der Waals surface area contributed by atoms with E-state index in [1.807, 2.05) is 0 Å². The van der Waals surface area contributed by atoms with Gasteiger partial charge in [0, 0.05) is 10.8 Å². The standard InChI is InChI=1S/C16H19FO2/c1-10-8-15(2,3)11-7-14(19-9-18)13(17)6-12(11)16(10,4)5/h6-9H,1-5H3. The summed E-state index contributed by atoms with van der Waals surface area (Å²) in [4.78, 5) is 10.4. The molecule has 0 aromatic heterocycles. The number of benzene rings is 1. The van der Waals surface area contributed by atoms with Crippen LogP contribution in [0, 0.1) is 5.82 Å². The van der Waals surface area contributed by atoms with Crippen molar-refractivity contribution in [3.05, 3.63) is 40.7 Å². The molecule has 0 saturated heterocycles. The van der Waals surface area contributed by atoms with Crippen LogP contribution in [0.15, 0.2) is 23.8 Å². The zero-order chi connectivity index (χ0) is 14.4. The number of carbonyl (C=O) groups excluding carboxylic acids is 1. The average Bonchev–Trinajstić information content (AvgIpc) is 2.29. The van der Waals surface area contributed by atoms with Crippen molar-refractivity contribution in [3.63, 3.8) is 0 Å². The summed E-state index contributed by atoms with van der Waals surface area (Å²) in [7, 11) is 0. The molecule has 19 heavy (non-hydrogen) atoms. The molecule has 0 atom stereocenters. The van der Waals surface area contributed by atoms with Crippen molar-refractivity contribution in [1.29, 1.82) is 0 Å².